The highest BCUT2D eigenvalue weighted by Crippen LogP contribution is 2.19. The van der Waals surface area contributed by atoms with E-state index in [4.69, 9.17) is 5.14 Å². The summed E-state index contributed by atoms with van der Waals surface area (Å²) in [5.74, 6) is 1.11. The number of benzene rings is 1. The third-order valence-corrected chi connectivity index (χ3v) is 3.96. The summed E-state index contributed by atoms with van der Waals surface area (Å²) in [5.41, 5.74) is 0.877. The minimum absolute atomic E-state index is 0.248. The highest BCUT2D eigenvalue weighted by atomic mass is 32.2. The number of nitrogens with one attached hydrogen (secondary N) is 3. The van der Waals surface area contributed by atoms with Crippen LogP contribution in [0.25, 0.3) is 11.4 Å². The average molecular weight is 352 g/mol. The Balaban J connectivity index is 1.93. The molecule has 2 rings (SSSR count). The molecule has 0 spiro atoms. The van der Waals surface area contributed by atoms with Crippen LogP contribution in [-0.4, -0.2) is 36.6 Å². The van der Waals surface area contributed by atoms with Gasteiger partial charge in [0.25, 0.3) is 10.2 Å². The molecule has 1 aromatic carbocycles. The van der Waals surface area contributed by atoms with E-state index in [2.05, 4.69) is 25.2 Å². The van der Waals surface area contributed by atoms with Gasteiger partial charge in [0.2, 0.25) is 6.41 Å². The lowest BCUT2D eigenvalue weighted by molar-refractivity contribution is -0.110. The van der Waals surface area contributed by atoms with Gasteiger partial charge in [-0.1, -0.05) is 30.3 Å². The van der Waals surface area contributed by atoms with Gasteiger partial charge in [-0.05, 0) is 19.3 Å². The molecule has 5 N–H and O–H groups in total. The first-order chi connectivity index (χ1) is 11.5. The number of nitrogens with two attached hydrogens (primary N) is 1. The second-order valence-corrected chi connectivity index (χ2v) is 6.56. The first kappa shape index (κ1) is 18.0. The Kier molecular flexibility index (Phi) is 6.41. The monoisotopic (exact) mass is 352 g/mol. The second-order valence-electron chi connectivity index (χ2n) is 5.18. The molecule has 0 aliphatic heterocycles. The van der Waals surface area contributed by atoms with Crippen molar-refractivity contribution < 1.29 is 13.2 Å². The van der Waals surface area contributed by atoms with E-state index >= 15 is 0 Å². The van der Waals surface area contributed by atoms with E-state index in [1.165, 1.54) is 0 Å². The van der Waals surface area contributed by atoms with Crippen LogP contribution in [0, 0.1) is 0 Å². The molecule has 9 nitrogen and oxygen atoms in total. The predicted octanol–water partition coefficient (Wildman–Crippen LogP) is 0.222. The molecule has 1 aromatic heterocycles. The summed E-state index contributed by atoms with van der Waals surface area (Å²) in [5, 5.41) is 14.6. The van der Waals surface area contributed by atoms with Crippen LogP contribution in [0.5, 0.6) is 0 Å². The van der Waals surface area contributed by atoms with E-state index in [0.29, 0.717) is 37.3 Å². The molecule has 0 aliphatic rings. The van der Waals surface area contributed by atoms with E-state index in [9.17, 15) is 13.2 Å². The molecule has 130 valence electrons. The number of amides is 1. The van der Waals surface area contributed by atoms with Crippen LogP contribution in [-0.2, 0) is 15.0 Å². The van der Waals surface area contributed by atoms with Crippen molar-refractivity contribution in [2.75, 3.05) is 6.54 Å². The van der Waals surface area contributed by atoms with E-state index in [1.807, 2.05) is 30.3 Å². The lowest BCUT2D eigenvalue weighted by atomic mass is 10.1. The van der Waals surface area contributed by atoms with Gasteiger partial charge in [0.15, 0.2) is 5.82 Å². The van der Waals surface area contributed by atoms with Crippen molar-refractivity contribution in [3.8, 4) is 11.4 Å². The number of hydrogen-bond acceptors (Lipinski definition) is 5. The van der Waals surface area contributed by atoms with Crippen LogP contribution in [0.2, 0.25) is 0 Å². The maximum absolute atomic E-state index is 10.8. The highest BCUT2D eigenvalue weighted by molar-refractivity contribution is 7.87. The summed E-state index contributed by atoms with van der Waals surface area (Å²) < 4.78 is 23.8. The molecular formula is C14H20N6O3S. The predicted molar refractivity (Wildman–Crippen MR) is 88.7 cm³/mol. The molecule has 24 heavy (non-hydrogen) atoms. The zero-order valence-electron chi connectivity index (χ0n) is 13.0. The van der Waals surface area contributed by atoms with Gasteiger partial charge >= 0.3 is 0 Å². The Bertz CT molecular complexity index is 747. The number of carbonyl (C=O) groups excluding carboxylic acids is 1. The number of rotatable bonds is 10. The van der Waals surface area contributed by atoms with Crippen LogP contribution in [0.3, 0.4) is 0 Å². The van der Waals surface area contributed by atoms with Crippen LogP contribution < -0.4 is 15.2 Å². The third kappa shape index (κ3) is 5.72. The molecule has 10 heteroatoms. The number of nitrogens with zero attached hydrogens (tertiary/aromatic N) is 2. The van der Waals surface area contributed by atoms with Crippen molar-refractivity contribution in [1.29, 1.82) is 0 Å². The first-order valence-electron chi connectivity index (χ1n) is 7.44. The Hall–Kier alpha value is -2.30. The van der Waals surface area contributed by atoms with Gasteiger partial charge in [0.1, 0.15) is 5.82 Å². The molecule has 0 radical (unpaired) electrons. The van der Waals surface area contributed by atoms with Gasteiger partial charge in [-0.2, -0.15) is 13.5 Å². The van der Waals surface area contributed by atoms with Crippen molar-refractivity contribution in [1.82, 2.24) is 25.2 Å². The molecule has 1 atom stereocenters. The molecule has 2 aromatic rings. The average Bonchev–Trinajstić information content (AvgIpc) is 3.03. The SMILES string of the molecule is NS(=O)(=O)NCCCC[C@H](NC=O)c1nc(-c2ccccc2)n[nH]1. The zero-order valence-corrected chi connectivity index (χ0v) is 13.8. The van der Waals surface area contributed by atoms with Gasteiger partial charge in [0, 0.05) is 12.1 Å². The largest absolute Gasteiger partial charge is 0.349 e. The molecule has 1 heterocycles. The number of H-pyrrole nitrogens is 1. The molecule has 0 saturated carbocycles. The van der Waals surface area contributed by atoms with E-state index in [-0.39, 0.29) is 12.6 Å². The van der Waals surface area contributed by atoms with Crippen LogP contribution in [0.4, 0.5) is 0 Å². The standard InChI is InChI=1S/C14H20N6O3S/c15-24(22,23)17-9-5-4-8-12(16-10-21)14-18-13(19-20-14)11-6-2-1-3-7-11/h1-3,6-7,10,12,17H,4-5,8-9H2,(H,16,21)(H2,15,22,23)(H,18,19,20)/t12-/m0/s1. The second kappa shape index (κ2) is 8.52. The number of unbranched alkanes of at least 4 members (excludes halogenated alkanes) is 1. The summed E-state index contributed by atoms with van der Waals surface area (Å²) >= 11 is 0. The van der Waals surface area contributed by atoms with Crippen LogP contribution in [0.1, 0.15) is 31.1 Å². The van der Waals surface area contributed by atoms with E-state index in [1.54, 1.807) is 0 Å². The molecule has 0 unspecified atom stereocenters. The molecule has 0 aliphatic carbocycles. The lowest BCUT2D eigenvalue weighted by Crippen LogP contribution is -2.31. The maximum Gasteiger partial charge on any atom is 0.274 e. The number of carbonyl (C=O) groups is 1. The minimum atomic E-state index is -3.66. The van der Waals surface area contributed by atoms with Gasteiger partial charge < -0.3 is 5.32 Å². The fourth-order valence-corrected chi connectivity index (χ4v) is 2.64. The highest BCUT2D eigenvalue weighted by Gasteiger charge is 2.16. The minimum Gasteiger partial charge on any atom is -0.349 e. The van der Waals surface area contributed by atoms with Gasteiger partial charge in [-0.3, -0.25) is 9.89 Å². The van der Waals surface area contributed by atoms with Crippen molar-refractivity contribution in [2.24, 2.45) is 5.14 Å². The quantitative estimate of drug-likeness (QED) is 0.357. The maximum atomic E-state index is 10.8. The Morgan fingerprint density at radius 2 is 2.00 bits per heavy atom. The van der Waals surface area contributed by atoms with Crippen molar-refractivity contribution >= 4 is 16.6 Å². The van der Waals surface area contributed by atoms with Gasteiger partial charge in [-0.15, -0.1) is 0 Å². The first-order valence-corrected chi connectivity index (χ1v) is 8.99. The van der Waals surface area contributed by atoms with Crippen molar-refractivity contribution in [3.63, 3.8) is 0 Å². The topological polar surface area (TPSA) is 143 Å². The van der Waals surface area contributed by atoms with Crippen LogP contribution in [0.15, 0.2) is 30.3 Å². The van der Waals surface area contributed by atoms with Gasteiger partial charge in [0.05, 0.1) is 6.04 Å². The summed E-state index contributed by atoms with van der Waals surface area (Å²) in [7, 11) is -3.66. The summed E-state index contributed by atoms with van der Waals surface area (Å²) in [6.45, 7) is 0.248. The van der Waals surface area contributed by atoms with E-state index in [0.717, 1.165) is 5.56 Å². The zero-order chi connectivity index (χ0) is 17.4. The number of aromatic nitrogens is 3. The third-order valence-electron chi connectivity index (χ3n) is 3.36. The summed E-state index contributed by atoms with van der Waals surface area (Å²) in [6, 6.07) is 9.17. The normalized spacial score (nSPS) is 12.7. The Morgan fingerprint density at radius 1 is 1.25 bits per heavy atom. The van der Waals surface area contributed by atoms with Crippen LogP contribution >= 0.6 is 0 Å². The fourth-order valence-electron chi connectivity index (χ4n) is 2.22. The fraction of sp³-hybridized carbons (Fsp3) is 0.357. The smallest absolute Gasteiger partial charge is 0.274 e. The van der Waals surface area contributed by atoms with Crippen molar-refractivity contribution in [2.45, 2.75) is 25.3 Å². The molecule has 0 saturated heterocycles. The van der Waals surface area contributed by atoms with Gasteiger partial charge in [-0.25, -0.2) is 14.8 Å². The van der Waals surface area contributed by atoms with Crippen molar-refractivity contribution in [3.05, 3.63) is 36.2 Å². The Morgan fingerprint density at radius 3 is 2.67 bits per heavy atom. The molecular weight excluding hydrogens is 332 g/mol. The molecule has 0 bridgehead atoms. The summed E-state index contributed by atoms with van der Waals surface area (Å²) in [4.78, 5) is 15.2. The Labute approximate surface area is 140 Å². The molecule has 0 fully saturated rings. The lowest BCUT2D eigenvalue weighted by Gasteiger charge is -2.12. The summed E-state index contributed by atoms with van der Waals surface area (Å²) in [6.07, 6.45) is 2.47. The number of hydrogen-bond donors (Lipinski definition) is 4. The van der Waals surface area contributed by atoms with E-state index < -0.39 is 10.2 Å². The molecule has 1 amide bonds. The number of aromatic amines is 1.